The number of anilines is 1. The second kappa shape index (κ2) is 10.00. The minimum absolute atomic E-state index is 0.0425. The lowest BCUT2D eigenvalue weighted by Gasteiger charge is -2.43. The lowest BCUT2D eigenvalue weighted by atomic mass is 9.91. The van der Waals surface area contributed by atoms with Crippen molar-refractivity contribution in [2.45, 2.75) is 38.1 Å². The van der Waals surface area contributed by atoms with Crippen LogP contribution in [0, 0.1) is 0 Å². The van der Waals surface area contributed by atoms with Gasteiger partial charge in [-0.25, -0.2) is 9.97 Å². The highest BCUT2D eigenvalue weighted by atomic mass is 35.5. The summed E-state index contributed by atoms with van der Waals surface area (Å²) in [5.74, 6) is 0.786. The number of piperazine rings is 1. The molecule has 1 amide bonds. The first-order valence-electron chi connectivity index (χ1n) is 11.8. The molecule has 1 aromatic heterocycles. The van der Waals surface area contributed by atoms with Gasteiger partial charge in [0.2, 0.25) is 11.9 Å². The zero-order chi connectivity index (χ0) is 22.8. The quantitative estimate of drug-likeness (QED) is 0.610. The van der Waals surface area contributed by atoms with Crippen LogP contribution in [0.25, 0.3) is 6.08 Å². The van der Waals surface area contributed by atoms with Crippen LogP contribution in [0.3, 0.4) is 0 Å². The number of aromatic nitrogens is 2. The van der Waals surface area contributed by atoms with Crippen LogP contribution in [0.15, 0.2) is 30.5 Å². The van der Waals surface area contributed by atoms with Crippen LogP contribution in [0.4, 0.5) is 5.95 Å². The molecule has 2 aliphatic heterocycles. The van der Waals surface area contributed by atoms with E-state index in [4.69, 9.17) is 28.2 Å². The Kier molecular flexibility index (Phi) is 6.86. The molecule has 6 nitrogen and oxygen atoms in total. The fourth-order valence-corrected chi connectivity index (χ4v) is 5.33. The highest BCUT2D eigenvalue weighted by Gasteiger charge is 2.29. The normalized spacial score (nSPS) is 19.9. The number of amides is 1. The zero-order valence-electron chi connectivity index (χ0n) is 18.7. The average Bonchev–Trinajstić information content (AvgIpc) is 3.00. The molecule has 8 heteroatoms. The highest BCUT2D eigenvalue weighted by Crippen LogP contribution is 2.27. The maximum absolute atomic E-state index is 12.8. The smallest absolute Gasteiger partial charge is 0.246 e. The van der Waals surface area contributed by atoms with Crippen LogP contribution >= 0.6 is 23.2 Å². The molecule has 1 aromatic carbocycles. The van der Waals surface area contributed by atoms with Gasteiger partial charge in [0.1, 0.15) is 0 Å². The van der Waals surface area contributed by atoms with Crippen molar-refractivity contribution in [3.8, 4) is 0 Å². The van der Waals surface area contributed by atoms with E-state index in [2.05, 4.69) is 14.8 Å². The van der Waals surface area contributed by atoms with E-state index in [9.17, 15) is 4.79 Å². The van der Waals surface area contributed by atoms with Gasteiger partial charge in [0.05, 0.1) is 5.69 Å². The number of benzene rings is 1. The molecule has 3 aliphatic rings. The predicted octanol–water partition coefficient (Wildman–Crippen LogP) is 4.10. The van der Waals surface area contributed by atoms with E-state index in [1.54, 1.807) is 30.4 Å². The van der Waals surface area contributed by atoms with Gasteiger partial charge in [-0.05, 0) is 43.0 Å². The molecule has 5 rings (SSSR count). The molecular formula is C25H29Cl2N5O. The van der Waals surface area contributed by atoms with E-state index in [-0.39, 0.29) is 5.91 Å². The fraction of sp³-hybridized carbons (Fsp3) is 0.480. The monoisotopic (exact) mass is 485 g/mol. The van der Waals surface area contributed by atoms with Crippen molar-refractivity contribution in [1.29, 1.82) is 0 Å². The minimum atomic E-state index is -0.0425. The van der Waals surface area contributed by atoms with Gasteiger partial charge in [0.25, 0.3) is 0 Å². The molecular weight excluding hydrogens is 457 g/mol. The van der Waals surface area contributed by atoms with Crippen molar-refractivity contribution in [3.63, 3.8) is 0 Å². The molecule has 2 fully saturated rings. The summed E-state index contributed by atoms with van der Waals surface area (Å²) in [5.41, 5.74) is 2.87. The van der Waals surface area contributed by atoms with Crippen molar-refractivity contribution in [2.24, 2.45) is 0 Å². The Morgan fingerprint density at radius 3 is 2.42 bits per heavy atom. The molecule has 0 bridgehead atoms. The van der Waals surface area contributed by atoms with E-state index in [1.807, 2.05) is 11.1 Å². The molecule has 1 saturated heterocycles. The third-order valence-electron chi connectivity index (χ3n) is 7.10. The number of rotatable bonds is 4. The molecule has 33 heavy (non-hydrogen) atoms. The van der Waals surface area contributed by atoms with E-state index in [1.165, 1.54) is 19.3 Å². The first-order chi connectivity index (χ1) is 16.1. The van der Waals surface area contributed by atoms with Gasteiger partial charge >= 0.3 is 0 Å². The van der Waals surface area contributed by atoms with Gasteiger partial charge in [-0.1, -0.05) is 35.7 Å². The van der Waals surface area contributed by atoms with Crippen LogP contribution in [-0.4, -0.2) is 71.0 Å². The maximum Gasteiger partial charge on any atom is 0.246 e. The molecule has 0 radical (unpaired) electrons. The Labute approximate surface area is 205 Å². The largest absolute Gasteiger partial charge is 0.338 e. The lowest BCUT2D eigenvalue weighted by molar-refractivity contribution is -0.125. The molecule has 174 valence electrons. The molecule has 1 saturated carbocycles. The molecule has 3 heterocycles. The van der Waals surface area contributed by atoms with Crippen molar-refractivity contribution >= 4 is 41.1 Å². The van der Waals surface area contributed by atoms with Crippen molar-refractivity contribution in [1.82, 2.24) is 19.8 Å². The zero-order valence-corrected chi connectivity index (χ0v) is 20.2. The Balaban J connectivity index is 1.21. The fourth-order valence-electron chi connectivity index (χ4n) is 4.81. The third-order valence-corrected chi connectivity index (χ3v) is 7.76. The SMILES string of the molecule is O=C(/C=C/c1c(Cl)cccc1Cl)N1CCc2cnc(N3CCN(C4CCC4)CC3)nc2CC1. The second-order valence-electron chi connectivity index (χ2n) is 9.04. The van der Waals surface area contributed by atoms with Crippen molar-refractivity contribution < 1.29 is 4.79 Å². The molecule has 0 unspecified atom stereocenters. The van der Waals surface area contributed by atoms with Crippen molar-refractivity contribution in [3.05, 3.63) is 57.3 Å². The van der Waals surface area contributed by atoms with Crippen LogP contribution in [-0.2, 0) is 17.6 Å². The summed E-state index contributed by atoms with van der Waals surface area (Å²) < 4.78 is 0. The molecule has 2 aromatic rings. The highest BCUT2D eigenvalue weighted by molar-refractivity contribution is 6.37. The van der Waals surface area contributed by atoms with Gasteiger partial charge in [-0.15, -0.1) is 0 Å². The van der Waals surface area contributed by atoms with E-state index in [0.717, 1.165) is 62.3 Å². The topological polar surface area (TPSA) is 52.6 Å². The standard InChI is InChI=1S/C25H29Cl2N5O/c26-21-5-2-6-22(27)20(21)7-8-24(33)31-11-9-18-17-28-25(29-23(18)10-12-31)32-15-13-30(14-16-32)19-3-1-4-19/h2,5-8,17,19H,1,3-4,9-16H2/b8-7+. The maximum atomic E-state index is 12.8. The summed E-state index contributed by atoms with van der Waals surface area (Å²) in [6.45, 7) is 5.43. The van der Waals surface area contributed by atoms with Gasteiger partial charge in [0, 0.05) is 79.6 Å². The third kappa shape index (κ3) is 5.03. The number of fused-ring (bicyclic) bond motifs is 1. The van der Waals surface area contributed by atoms with Gasteiger partial charge in [-0.3, -0.25) is 9.69 Å². The van der Waals surface area contributed by atoms with Gasteiger partial charge in [0.15, 0.2) is 0 Å². The molecule has 1 aliphatic carbocycles. The predicted molar refractivity (Wildman–Crippen MR) is 133 cm³/mol. The molecule has 0 atom stereocenters. The van der Waals surface area contributed by atoms with Gasteiger partial charge < -0.3 is 9.80 Å². The number of halogens is 2. The van der Waals surface area contributed by atoms with E-state index >= 15 is 0 Å². The summed E-state index contributed by atoms with van der Waals surface area (Å²) in [6.07, 6.45) is 10.8. The van der Waals surface area contributed by atoms with Crippen LogP contribution in [0.2, 0.25) is 10.0 Å². The number of hydrogen-bond acceptors (Lipinski definition) is 5. The Bertz CT molecular complexity index is 1030. The Morgan fingerprint density at radius 2 is 1.73 bits per heavy atom. The second-order valence-corrected chi connectivity index (χ2v) is 9.86. The van der Waals surface area contributed by atoms with Crippen LogP contribution < -0.4 is 4.90 Å². The van der Waals surface area contributed by atoms with E-state index in [0.29, 0.717) is 28.7 Å². The summed E-state index contributed by atoms with van der Waals surface area (Å²) in [4.78, 5) is 29.2. The summed E-state index contributed by atoms with van der Waals surface area (Å²) in [7, 11) is 0. The first-order valence-corrected chi connectivity index (χ1v) is 12.6. The van der Waals surface area contributed by atoms with Crippen molar-refractivity contribution in [2.75, 3.05) is 44.2 Å². The Hall–Kier alpha value is -2.15. The molecule has 0 spiro atoms. The number of hydrogen-bond donors (Lipinski definition) is 0. The lowest BCUT2D eigenvalue weighted by Crippen LogP contribution is -2.52. The summed E-state index contributed by atoms with van der Waals surface area (Å²) in [5, 5.41) is 1.07. The number of carbonyl (C=O) groups is 1. The first kappa shape index (κ1) is 22.6. The number of carbonyl (C=O) groups excluding carboxylic acids is 1. The Morgan fingerprint density at radius 1 is 1.00 bits per heavy atom. The summed E-state index contributed by atoms with van der Waals surface area (Å²) in [6, 6.07) is 6.12. The summed E-state index contributed by atoms with van der Waals surface area (Å²) >= 11 is 12.4. The van der Waals surface area contributed by atoms with Gasteiger partial charge in [-0.2, -0.15) is 0 Å². The molecule has 0 N–H and O–H groups in total. The van der Waals surface area contributed by atoms with Crippen LogP contribution in [0.5, 0.6) is 0 Å². The van der Waals surface area contributed by atoms with Crippen LogP contribution in [0.1, 0.15) is 36.1 Å². The minimum Gasteiger partial charge on any atom is -0.338 e. The number of nitrogens with zero attached hydrogens (tertiary/aromatic N) is 5. The average molecular weight is 486 g/mol. The van der Waals surface area contributed by atoms with E-state index < -0.39 is 0 Å².